The zero-order valence-corrected chi connectivity index (χ0v) is 10.8. The fourth-order valence-corrected chi connectivity index (χ4v) is 2.36. The van der Waals surface area contributed by atoms with Gasteiger partial charge in [-0.15, -0.1) is 0 Å². The van der Waals surface area contributed by atoms with E-state index in [0.29, 0.717) is 31.1 Å². The van der Waals surface area contributed by atoms with Crippen LogP contribution in [0.1, 0.15) is 35.3 Å². The molecule has 0 radical (unpaired) electrons. The molecule has 5 heteroatoms. The van der Waals surface area contributed by atoms with Crippen molar-refractivity contribution in [2.24, 2.45) is 0 Å². The van der Waals surface area contributed by atoms with Crippen molar-refractivity contribution in [3.05, 3.63) is 47.1 Å². The van der Waals surface area contributed by atoms with Crippen LogP contribution in [-0.2, 0) is 6.42 Å². The van der Waals surface area contributed by atoms with Crippen LogP contribution in [0.3, 0.4) is 0 Å². The van der Waals surface area contributed by atoms with Gasteiger partial charge in [-0.05, 0) is 24.5 Å². The molecule has 1 fully saturated rings. The molecular weight excluding hydrogens is 242 g/mol. The van der Waals surface area contributed by atoms with Crippen LogP contribution in [0.25, 0.3) is 0 Å². The lowest BCUT2D eigenvalue weighted by Crippen LogP contribution is -2.15. The second kappa shape index (κ2) is 5.11. The second-order valence-corrected chi connectivity index (χ2v) is 5.00. The minimum atomic E-state index is -0.322. The molecule has 3 rings (SSSR count). The third kappa shape index (κ3) is 2.67. The third-order valence-electron chi connectivity index (χ3n) is 3.50. The van der Waals surface area contributed by atoms with Crippen LogP contribution in [0.4, 0.5) is 0 Å². The summed E-state index contributed by atoms with van der Waals surface area (Å²) in [5.74, 6) is 1.26. The fraction of sp³-hybridized carbons (Fsp3) is 0.429. The van der Waals surface area contributed by atoms with E-state index < -0.39 is 0 Å². The third-order valence-corrected chi connectivity index (χ3v) is 3.50. The molecule has 2 heterocycles. The lowest BCUT2D eigenvalue weighted by atomic mass is 10.1. The molecule has 1 saturated heterocycles. The quantitative estimate of drug-likeness (QED) is 0.871. The largest absolute Gasteiger partial charge is 0.392 e. The van der Waals surface area contributed by atoms with Gasteiger partial charge in [-0.2, -0.15) is 4.98 Å². The molecule has 0 saturated carbocycles. The van der Waals surface area contributed by atoms with E-state index in [1.807, 2.05) is 12.1 Å². The van der Waals surface area contributed by atoms with Gasteiger partial charge in [0.05, 0.1) is 12.1 Å². The summed E-state index contributed by atoms with van der Waals surface area (Å²) < 4.78 is 5.27. The maximum Gasteiger partial charge on any atom is 0.243 e. The van der Waals surface area contributed by atoms with Gasteiger partial charge in [-0.25, -0.2) is 0 Å². The average Bonchev–Trinajstić information content (AvgIpc) is 3.01. The Morgan fingerprint density at radius 1 is 1.42 bits per heavy atom. The van der Waals surface area contributed by atoms with Crippen LogP contribution in [0.15, 0.2) is 28.8 Å². The van der Waals surface area contributed by atoms with Crippen molar-refractivity contribution >= 4 is 0 Å². The Labute approximate surface area is 111 Å². The number of aliphatic hydroxyl groups excluding tert-OH is 1. The minimum Gasteiger partial charge on any atom is -0.392 e. The topological polar surface area (TPSA) is 71.2 Å². The summed E-state index contributed by atoms with van der Waals surface area (Å²) in [5.41, 5.74) is 2.43. The molecule has 2 unspecified atom stereocenters. The highest BCUT2D eigenvalue weighted by atomic mass is 16.5. The van der Waals surface area contributed by atoms with E-state index in [9.17, 15) is 5.11 Å². The van der Waals surface area contributed by atoms with Crippen molar-refractivity contribution in [2.75, 3.05) is 6.54 Å². The summed E-state index contributed by atoms with van der Waals surface area (Å²) in [6, 6.07) is 8.16. The maximum absolute atomic E-state index is 9.49. The normalized spacial score (nSPS) is 22.8. The van der Waals surface area contributed by atoms with E-state index in [4.69, 9.17) is 4.52 Å². The van der Waals surface area contributed by atoms with Gasteiger partial charge in [0, 0.05) is 13.0 Å². The lowest BCUT2D eigenvalue weighted by molar-refractivity contribution is 0.191. The zero-order chi connectivity index (χ0) is 13.2. The zero-order valence-electron chi connectivity index (χ0n) is 10.8. The molecule has 2 atom stereocenters. The molecule has 19 heavy (non-hydrogen) atoms. The van der Waals surface area contributed by atoms with Crippen molar-refractivity contribution in [2.45, 2.75) is 31.9 Å². The second-order valence-electron chi connectivity index (χ2n) is 5.00. The number of nitrogens with one attached hydrogen (secondary N) is 1. The first-order chi connectivity index (χ1) is 9.22. The molecule has 2 N–H and O–H groups in total. The summed E-state index contributed by atoms with van der Waals surface area (Å²) in [5, 5.41) is 16.7. The summed E-state index contributed by atoms with van der Waals surface area (Å²) in [6.07, 6.45) is 0.981. The highest BCUT2D eigenvalue weighted by Crippen LogP contribution is 2.22. The van der Waals surface area contributed by atoms with Crippen LogP contribution >= 0.6 is 0 Å². The number of hydrogen-bond acceptors (Lipinski definition) is 5. The highest BCUT2D eigenvalue weighted by molar-refractivity contribution is 5.28. The molecule has 1 aliphatic rings. The van der Waals surface area contributed by atoms with Crippen LogP contribution in [0.2, 0.25) is 0 Å². The Kier molecular flexibility index (Phi) is 3.31. The highest BCUT2D eigenvalue weighted by Gasteiger charge is 2.28. The number of β-amino-alcohol motifs (C(OH)–C–C–N with tert-alkyl or cyclic N) is 1. The number of hydrogen-bond donors (Lipinski definition) is 2. The monoisotopic (exact) mass is 259 g/mol. The van der Waals surface area contributed by atoms with Gasteiger partial charge in [0.15, 0.2) is 5.82 Å². The molecule has 5 nitrogen and oxygen atoms in total. The SMILES string of the molecule is Cc1ccccc1Cc1noc(C2CC(O)CN2)n1. The van der Waals surface area contributed by atoms with Crippen LogP contribution in [0.5, 0.6) is 0 Å². The van der Waals surface area contributed by atoms with Gasteiger partial charge in [0.25, 0.3) is 0 Å². The van der Waals surface area contributed by atoms with Gasteiger partial charge >= 0.3 is 0 Å². The van der Waals surface area contributed by atoms with Gasteiger partial charge in [0.1, 0.15) is 0 Å². The molecule has 100 valence electrons. The number of nitrogens with zero attached hydrogens (tertiary/aromatic N) is 2. The van der Waals surface area contributed by atoms with Crippen LogP contribution in [-0.4, -0.2) is 27.9 Å². The molecule has 0 amide bonds. The van der Waals surface area contributed by atoms with Crippen molar-refractivity contribution in [3.63, 3.8) is 0 Å². The maximum atomic E-state index is 9.49. The standard InChI is InChI=1S/C14H17N3O2/c1-9-4-2-3-5-10(9)6-13-16-14(19-17-13)12-7-11(18)8-15-12/h2-5,11-12,15,18H,6-8H2,1H3. The molecular formula is C14H17N3O2. The Balaban J connectivity index is 1.73. The molecule has 0 spiro atoms. The minimum absolute atomic E-state index is 0.0203. The predicted octanol–water partition coefficient (Wildman–Crippen LogP) is 1.36. The Hall–Kier alpha value is -1.72. The molecule has 2 aromatic rings. The molecule has 1 aromatic heterocycles. The van der Waals surface area contributed by atoms with E-state index in [1.165, 1.54) is 11.1 Å². The number of aliphatic hydroxyl groups is 1. The van der Waals surface area contributed by atoms with Crippen molar-refractivity contribution in [1.82, 2.24) is 15.5 Å². The Bertz CT molecular complexity index is 567. The summed E-state index contributed by atoms with van der Waals surface area (Å²) in [7, 11) is 0. The molecule has 1 aromatic carbocycles. The van der Waals surface area contributed by atoms with E-state index in [1.54, 1.807) is 0 Å². The van der Waals surface area contributed by atoms with E-state index in [-0.39, 0.29) is 12.1 Å². The number of benzene rings is 1. The van der Waals surface area contributed by atoms with Crippen molar-refractivity contribution in [1.29, 1.82) is 0 Å². The smallest absolute Gasteiger partial charge is 0.243 e. The van der Waals surface area contributed by atoms with Gasteiger partial charge in [-0.3, -0.25) is 0 Å². The summed E-state index contributed by atoms with van der Waals surface area (Å²) in [6.45, 7) is 2.66. The number of rotatable bonds is 3. The van der Waals surface area contributed by atoms with Gasteiger partial charge in [-0.1, -0.05) is 29.4 Å². The van der Waals surface area contributed by atoms with Gasteiger partial charge in [0.2, 0.25) is 5.89 Å². The van der Waals surface area contributed by atoms with E-state index in [0.717, 1.165) is 0 Å². The average molecular weight is 259 g/mol. The first-order valence-corrected chi connectivity index (χ1v) is 6.51. The number of aryl methyl sites for hydroxylation is 1. The molecule has 0 bridgehead atoms. The summed E-state index contributed by atoms with van der Waals surface area (Å²) >= 11 is 0. The van der Waals surface area contributed by atoms with E-state index >= 15 is 0 Å². The van der Waals surface area contributed by atoms with Crippen LogP contribution < -0.4 is 5.32 Å². The molecule has 0 aliphatic carbocycles. The van der Waals surface area contributed by atoms with Crippen molar-refractivity contribution in [3.8, 4) is 0 Å². The van der Waals surface area contributed by atoms with Crippen molar-refractivity contribution < 1.29 is 9.63 Å². The summed E-state index contributed by atoms with van der Waals surface area (Å²) in [4.78, 5) is 4.41. The molecule has 1 aliphatic heterocycles. The lowest BCUT2D eigenvalue weighted by Gasteiger charge is -2.02. The first kappa shape index (κ1) is 12.3. The Morgan fingerprint density at radius 2 is 2.26 bits per heavy atom. The Morgan fingerprint density at radius 3 is 3.00 bits per heavy atom. The fourth-order valence-electron chi connectivity index (χ4n) is 2.36. The van der Waals surface area contributed by atoms with E-state index in [2.05, 4.69) is 34.5 Å². The van der Waals surface area contributed by atoms with Crippen LogP contribution in [0, 0.1) is 6.92 Å². The first-order valence-electron chi connectivity index (χ1n) is 6.51. The van der Waals surface area contributed by atoms with Gasteiger partial charge < -0.3 is 14.9 Å². The predicted molar refractivity (Wildman–Crippen MR) is 69.7 cm³/mol. The number of aromatic nitrogens is 2.